The highest BCUT2D eigenvalue weighted by molar-refractivity contribution is 6.43. The number of carbonyl (C=O) groups excluding carboxylic acids is 1. The van der Waals surface area contributed by atoms with Gasteiger partial charge in [-0.1, -0.05) is 24.3 Å². The summed E-state index contributed by atoms with van der Waals surface area (Å²) >= 11 is 0. The SMILES string of the molecule is CC1(OC[C@@H]2CCCN2[SiH2]C2=CNCC=C2)C=CC=C(O)C1C=O. The van der Waals surface area contributed by atoms with Gasteiger partial charge in [0.25, 0.3) is 0 Å². The molecule has 2 heterocycles. The topological polar surface area (TPSA) is 61.8 Å². The van der Waals surface area contributed by atoms with Crippen LogP contribution >= 0.6 is 0 Å². The molecule has 3 atom stereocenters. The Morgan fingerprint density at radius 2 is 2.46 bits per heavy atom. The highest BCUT2D eigenvalue weighted by atomic mass is 28.2. The predicted molar refractivity (Wildman–Crippen MR) is 97.3 cm³/mol. The van der Waals surface area contributed by atoms with Crippen molar-refractivity contribution in [2.75, 3.05) is 19.7 Å². The van der Waals surface area contributed by atoms with E-state index in [2.05, 4.69) is 28.2 Å². The normalized spacial score (nSPS) is 33.5. The summed E-state index contributed by atoms with van der Waals surface area (Å²) in [6, 6.07) is 0.401. The molecule has 5 nitrogen and oxygen atoms in total. The van der Waals surface area contributed by atoms with Gasteiger partial charge in [0.1, 0.15) is 33.2 Å². The average Bonchev–Trinajstić information content (AvgIpc) is 3.01. The lowest BCUT2D eigenvalue weighted by Gasteiger charge is -2.36. The summed E-state index contributed by atoms with van der Waals surface area (Å²) in [6.07, 6.45) is 14.8. The summed E-state index contributed by atoms with van der Waals surface area (Å²) in [5.41, 5.74) is -0.762. The maximum Gasteiger partial charge on any atom is 0.133 e. The average molecular weight is 347 g/mol. The monoisotopic (exact) mass is 346 g/mol. The highest BCUT2D eigenvalue weighted by Crippen LogP contribution is 2.32. The molecule has 0 aromatic heterocycles. The molecule has 1 aliphatic carbocycles. The number of rotatable bonds is 6. The van der Waals surface area contributed by atoms with Crippen LogP contribution in [-0.2, 0) is 9.53 Å². The number of aliphatic hydroxyl groups is 1. The maximum absolute atomic E-state index is 11.4. The molecule has 24 heavy (non-hydrogen) atoms. The van der Waals surface area contributed by atoms with Gasteiger partial charge in [-0.25, -0.2) is 0 Å². The van der Waals surface area contributed by atoms with Crippen LogP contribution in [0.5, 0.6) is 0 Å². The van der Waals surface area contributed by atoms with E-state index in [0.29, 0.717) is 12.6 Å². The second-order valence-electron chi connectivity index (χ2n) is 6.86. The van der Waals surface area contributed by atoms with Crippen molar-refractivity contribution in [2.45, 2.75) is 31.4 Å². The van der Waals surface area contributed by atoms with E-state index in [0.717, 1.165) is 25.8 Å². The van der Waals surface area contributed by atoms with Crippen molar-refractivity contribution in [2.24, 2.45) is 5.92 Å². The zero-order valence-corrected chi connectivity index (χ0v) is 15.6. The Labute approximate surface area is 145 Å². The molecule has 1 saturated heterocycles. The van der Waals surface area contributed by atoms with Gasteiger partial charge >= 0.3 is 0 Å². The van der Waals surface area contributed by atoms with Crippen LogP contribution in [0.15, 0.2) is 47.5 Å². The Morgan fingerprint density at radius 1 is 1.58 bits per heavy atom. The minimum absolute atomic E-state index is 0.0798. The van der Waals surface area contributed by atoms with E-state index in [-0.39, 0.29) is 5.76 Å². The fourth-order valence-corrected chi connectivity index (χ4v) is 5.50. The van der Waals surface area contributed by atoms with E-state index in [1.165, 1.54) is 11.6 Å². The number of ether oxygens (including phenoxy) is 1. The Balaban J connectivity index is 1.59. The number of nitrogens with one attached hydrogen (secondary N) is 1. The molecule has 3 aliphatic rings. The van der Waals surface area contributed by atoms with Crippen molar-refractivity contribution in [3.63, 3.8) is 0 Å². The Kier molecular flexibility index (Phi) is 5.38. The van der Waals surface area contributed by atoms with Crippen LogP contribution < -0.4 is 5.32 Å². The van der Waals surface area contributed by atoms with Crippen LogP contribution in [0.4, 0.5) is 0 Å². The van der Waals surface area contributed by atoms with Gasteiger partial charge in [0.15, 0.2) is 0 Å². The van der Waals surface area contributed by atoms with Crippen LogP contribution in [0.2, 0.25) is 0 Å². The largest absolute Gasteiger partial charge is 0.511 e. The van der Waals surface area contributed by atoms with Gasteiger partial charge in [-0.15, -0.1) is 0 Å². The van der Waals surface area contributed by atoms with Crippen molar-refractivity contribution in [1.29, 1.82) is 0 Å². The van der Waals surface area contributed by atoms with Crippen LogP contribution in [0.3, 0.4) is 0 Å². The minimum atomic E-state index is -0.762. The van der Waals surface area contributed by atoms with Gasteiger partial charge in [0, 0.05) is 12.6 Å². The molecule has 0 aromatic rings. The van der Waals surface area contributed by atoms with Gasteiger partial charge in [0.2, 0.25) is 0 Å². The number of aliphatic hydroxyl groups excluding tert-OH is 1. The van der Waals surface area contributed by atoms with Gasteiger partial charge < -0.3 is 24.5 Å². The first-order valence-electron chi connectivity index (χ1n) is 8.63. The van der Waals surface area contributed by atoms with E-state index in [4.69, 9.17) is 4.74 Å². The van der Waals surface area contributed by atoms with Gasteiger partial charge in [-0.2, -0.15) is 0 Å². The molecule has 6 heteroatoms. The third-order valence-corrected chi connectivity index (χ3v) is 7.14. The summed E-state index contributed by atoms with van der Waals surface area (Å²) in [4.78, 5) is 11.4. The molecular weight excluding hydrogens is 320 g/mol. The van der Waals surface area contributed by atoms with E-state index >= 15 is 0 Å². The summed E-state index contributed by atoms with van der Waals surface area (Å²) in [7, 11) is -0.485. The fraction of sp³-hybridized carbons (Fsp3) is 0.500. The molecule has 2 N–H and O–H groups in total. The highest BCUT2D eigenvalue weighted by Gasteiger charge is 2.38. The summed E-state index contributed by atoms with van der Waals surface area (Å²) in [6.45, 7) is 4.51. The molecule has 2 unspecified atom stereocenters. The molecule has 0 bridgehead atoms. The second-order valence-corrected chi connectivity index (χ2v) is 8.80. The molecule has 0 amide bonds. The van der Waals surface area contributed by atoms with Gasteiger partial charge in [-0.3, -0.25) is 0 Å². The van der Waals surface area contributed by atoms with E-state index < -0.39 is 21.2 Å². The zero-order valence-electron chi connectivity index (χ0n) is 14.1. The number of dihydropyridines is 1. The predicted octanol–water partition coefficient (Wildman–Crippen LogP) is 1.14. The van der Waals surface area contributed by atoms with Crippen LogP contribution in [0, 0.1) is 5.92 Å². The molecule has 2 aliphatic heterocycles. The lowest BCUT2D eigenvalue weighted by molar-refractivity contribution is -0.120. The first-order chi connectivity index (χ1) is 11.6. The standard InChI is InChI=1S/C18H26N2O3Si/c1-18(8-2-7-17(22)16(18)12-21)23-13-14-5-4-10-20(14)24-15-6-3-9-19-11-15/h2-3,6-8,11-12,14,16,19,22H,4-5,9-10,13,24H2,1H3/t14-,16?,18?/m0/s1. The molecule has 3 rings (SSSR count). The number of aldehydes is 1. The number of nitrogens with zero attached hydrogens (tertiary/aromatic N) is 1. The number of carbonyl (C=O) groups is 1. The lowest BCUT2D eigenvalue weighted by atomic mass is 9.84. The third kappa shape index (κ3) is 3.71. The maximum atomic E-state index is 11.4. The quantitative estimate of drug-likeness (QED) is 0.558. The fourth-order valence-electron chi connectivity index (χ4n) is 3.60. The molecule has 130 valence electrons. The Morgan fingerprint density at radius 3 is 3.21 bits per heavy atom. The van der Waals surface area contributed by atoms with Crippen molar-refractivity contribution >= 4 is 16.0 Å². The molecular formula is C18H26N2O3Si. The first-order valence-corrected chi connectivity index (χ1v) is 9.97. The summed E-state index contributed by atoms with van der Waals surface area (Å²) in [5.74, 6) is -0.543. The Hall–Kier alpha value is -1.63. The van der Waals surface area contributed by atoms with Crippen molar-refractivity contribution in [3.8, 4) is 0 Å². The van der Waals surface area contributed by atoms with E-state index in [9.17, 15) is 9.90 Å². The van der Waals surface area contributed by atoms with Crippen molar-refractivity contribution in [3.05, 3.63) is 47.5 Å². The molecule has 0 spiro atoms. The minimum Gasteiger partial charge on any atom is -0.511 e. The van der Waals surface area contributed by atoms with Crippen molar-refractivity contribution in [1.82, 2.24) is 9.88 Å². The number of allylic oxidation sites excluding steroid dienone is 4. The van der Waals surface area contributed by atoms with Gasteiger partial charge in [-0.05, 0) is 43.8 Å². The summed E-state index contributed by atoms with van der Waals surface area (Å²) in [5, 5.41) is 14.6. The molecule has 0 aromatic carbocycles. The molecule has 1 fully saturated rings. The second kappa shape index (κ2) is 7.50. The molecule has 0 saturated carbocycles. The lowest BCUT2D eigenvalue weighted by Crippen LogP contribution is -2.44. The van der Waals surface area contributed by atoms with Crippen molar-refractivity contribution < 1.29 is 14.6 Å². The first kappa shape index (κ1) is 17.2. The third-order valence-electron chi connectivity index (χ3n) is 5.09. The zero-order chi connectivity index (χ0) is 17.0. The van der Waals surface area contributed by atoms with E-state index in [1.54, 1.807) is 12.2 Å². The van der Waals surface area contributed by atoms with E-state index in [1.807, 2.05) is 13.0 Å². The van der Waals surface area contributed by atoms with Crippen LogP contribution in [0.1, 0.15) is 19.8 Å². The number of hydrogen-bond acceptors (Lipinski definition) is 5. The summed E-state index contributed by atoms with van der Waals surface area (Å²) < 4.78 is 8.73. The van der Waals surface area contributed by atoms with Crippen LogP contribution in [-0.4, -0.2) is 57.0 Å². The Bertz CT molecular complexity index is 599. The number of hydrogen-bond donors (Lipinski definition) is 2. The smallest absolute Gasteiger partial charge is 0.133 e. The van der Waals surface area contributed by atoms with Gasteiger partial charge in [0.05, 0.1) is 6.61 Å². The van der Waals surface area contributed by atoms with Crippen LogP contribution in [0.25, 0.3) is 0 Å². The molecule has 0 radical (unpaired) electrons.